The van der Waals surface area contributed by atoms with E-state index in [1.165, 1.54) is 0 Å². The minimum atomic E-state index is -5.80. The minimum absolute atomic E-state index is 0. The Morgan fingerprint density at radius 2 is 1.53 bits per heavy atom. The number of ketones is 1. The highest BCUT2D eigenvalue weighted by Crippen LogP contribution is 2.37. The highest BCUT2D eigenvalue weighted by atomic mass is 35.5. The van der Waals surface area contributed by atoms with Gasteiger partial charge in [0, 0.05) is 6.42 Å². The lowest BCUT2D eigenvalue weighted by Crippen LogP contribution is -2.43. The van der Waals surface area contributed by atoms with Crippen molar-refractivity contribution in [1.82, 2.24) is 0 Å². The van der Waals surface area contributed by atoms with Crippen molar-refractivity contribution in [3.8, 4) is 0 Å². The number of hydrogen-bond donors (Lipinski definition) is 1. The second-order valence-corrected chi connectivity index (χ2v) is 2.74. The van der Waals surface area contributed by atoms with Crippen LogP contribution in [0.5, 0.6) is 0 Å². The lowest BCUT2D eigenvalue weighted by molar-refractivity contribution is -0.268. The summed E-state index contributed by atoms with van der Waals surface area (Å²) < 4.78 is 59.3. The van der Waals surface area contributed by atoms with Gasteiger partial charge in [-0.25, -0.2) is 0 Å². The van der Waals surface area contributed by atoms with Gasteiger partial charge in [0.2, 0.25) is 5.78 Å². The molecule has 0 aliphatic rings. The fourth-order valence-corrected chi connectivity index (χ4v) is 0.745. The summed E-state index contributed by atoms with van der Waals surface area (Å²) in [6, 6.07) is 0. The van der Waals surface area contributed by atoms with Crippen LogP contribution in [0.2, 0.25) is 0 Å². The molecule has 0 saturated heterocycles. The monoisotopic (exact) mass is 255 g/mol. The van der Waals surface area contributed by atoms with Crippen LogP contribution in [-0.2, 0) is 4.79 Å². The van der Waals surface area contributed by atoms with E-state index in [0.717, 1.165) is 0 Å². The van der Waals surface area contributed by atoms with Gasteiger partial charge in [0.1, 0.15) is 0 Å². The second kappa shape index (κ2) is 6.22. The van der Waals surface area contributed by atoms with Gasteiger partial charge in [-0.1, -0.05) is 0 Å². The van der Waals surface area contributed by atoms with Crippen LogP contribution in [0, 0.1) is 0 Å². The van der Waals surface area contributed by atoms with E-state index in [4.69, 9.17) is 5.73 Å². The first-order valence-electron chi connectivity index (χ1n) is 3.91. The second-order valence-electron chi connectivity index (χ2n) is 2.74. The first-order valence-corrected chi connectivity index (χ1v) is 3.91. The zero-order valence-electron chi connectivity index (χ0n) is 7.61. The molecule has 0 aliphatic carbocycles. The van der Waals surface area contributed by atoms with E-state index in [-0.39, 0.29) is 31.8 Å². The summed E-state index contributed by atoms with van der Waals surface area (Å²) in [7, 11) is 0. The molecule has 0 aromatic rings. The number of unbranched alkanes of at least 4 members (excludes halogenated alkanes) is 1. The van der Waals surface area contributed by atoms with Crippen LogP contribution >= 0.6 is 12.4 Å². The molecule has 0 aromatic heterocycles. The van der Waals surface area contributed by atoms with Crippen molar-refractivity contribution in [2.75, 3.05) is 6.54 Å². The third-order valence-electron chi connectivity index (χ3n) is 1.56. The normalized spacial score (nSPS) is 12.1. The van der Waals surface area contributed by atoms with Gasteiger partial charge in [-0.15, -0.1) is 12.4 Å². The van der Waals surface area contributed by atoms with Crippen molar-refractivity contribution in [2.45, 2.75) is 31.4 Å². The van der Waals surface area contributed by atoms with Gasteiger partial charge in [0.25, 0.3) is 0 Å². The first kappa shape index (κ1) is 17.0. The maximum absolute atomic E-state index is 12.2. The molecule has 0 atom stereocenters. The van der Waals surface area contributed by atoms with Gasteiger partial charge >= 0.3 is 12.1 Å². The van der Waals surface area contributed by atoms with Gasteiger partial charge < -0.3 is 5.73 Å². The molecular formula is C7H11ClF5NO. The van der Waals surface area contributed by atoms with Crippen molar-refractivity contribution >= 4 is 18.2 Å². The Bertz CT molecular complexity index is 206. The molecule has 0 heterocycles. The summed E-state index contributed by atoms with van der Waals surface area (Å²) in [4.78, 5) is 10.5. The number of carbonyl (C=O) groups is 1. The molecule has 0 saturated carbocycles. The molecule has 92 valence electrons. The van der Waals surface area contributed by atoms with Crippen LogP contribution in [0.25, 0.3) is 0 Å². The number of rotatable bonds is 5. The smallest absolute Gasteiger partial charge is 0.330 e. The lowest BCUT2D eigenvalue weighted by Gasteiger charge is -2.17. The average molecular weight is 256 g/mol. The molecule has 0 aliphatic heterocycles. The minimum Gasteiger partial charge on any atom is -0.330 e. The number of alkyl halides is 5. The van der Waals surface area contributed by atoms with Crippen LogP contribution in [0.15, 0.2) is 0 Å². The Morgan fingerprint density at radius 3 is 1.87 bits per heavy atom. The SMILES string of the molecule is Cl.NCCCCC(=O)C(F)(F)C(F)(F)F. The molecule has 0 spiro atoms. The molecule has 0 amide bonds. The van der Waals surface area contributed by atoms with E-state index in [0.29, 0.717) is 0 Å². The van der Waals surface area contributed by atoms with Gasteiger partial charge in [-0.2, -0.15) is 22.0 Å². The Morgan fingerprint density at radius 1 is 1.07 bits per heavy atom. The molecule has 0 bridgehead atoms. The summed E-state index contributed by atoms with van der Waals surface area (Å²) in [5, 5.41) is 0. The Balaban J connectivity index is 0. The number of carbonyl (C=O) groups excluding carboxylic acids is 1. The number of nitrogens with two attached hydrogens (primary N) is 1. The molecule has 0 fully saturated rings. The van der Waals surface area contributed by atoms with Crippen LogP contribution < -0.4 is 5.73 Å². The summed E-state index contributed by atoms with van der Waals surface area (Å²) in [5.74, 6) is -7.33. The summed E-state index contributed by atoms with van der Waals surface area (Å²) in [5.41, 5.74) is 4.99. The predicted octanol–water partition coefficient (Wildman–Crippen LogP) is 2.30. The zero-order valence-corrected chi connectivity index (χ0v) is 8.43. The molecule has 15 heavy (non-hydrogen) atoms. The molecule has 8 heteroatoms. The zero-order chi connectivity index (χ0) is 11.4. The maximum atomic E-state index is 12.2. The van der Waals surface area contributed by atoms with E-state index in [9.17, 15) is 26.7 Å². The summed E-state index contributed by atoms with van der Waals surface area (Å²) >= 11 is 0. The van der Waals surface area contributed by atoms with Gasteiger partial charge in [0.15, 0.2) is 0 Å². The summed E-state index contributed by atoms with van der Waals surface area (Å²) in [6.45, 7) is 0.158. The molecule has 0 unspecified atom stereocenters. The largest absolute Gasteiger partial charge is 0.461 e. The van der Waals surface area contributed by atoms with Crippen LogP contribution in [0.1, 0.15) is 19.3 Å². The molecule has 0 rings (SSSR count). The predicted molar refractivity (Wildman–Crippen MR) is 46.2 cm³/mol. The maximum Gasteiger partial charge on any atom is 0.461 e. The highest BCUT2D eigenvalue weighted by Gasteiger charge is 2.62. The molecule has 0 aromatic carbocycles. The third-order valence-corrected chi connectivity index (χ3v) is 1.56. The van der Waals surface area contributed by atoms with Crippen LogP contribution in [-0.4, -0.2) is 24.4 Å². The molecule has 0 radical (unpaired) electrons. The van der Waals surface area contributed by atoms with Gasteiger partial charge in [0.05, 0.1) is 0 Å². The number of Topliss-reactive ketones (excluding diaryl/α,β-unsaturated/α-hetero) is 1. The first-order chi connectivity index (χ1) is 6.23. The highest BCUT2D eigenvalue weighted by molar-refractivity contribution is 5.86. The average Bonchev–Trinajstić information content (AvgIpc) is 2.02. The third kappa shape index (κ3) is 4.74. The molecular weight excluding hydrogens is 245 g/mol. The standard InChI is InChI=1S/C7H10F5NO.ClH/c8-6(9,7(10,11)12)5(14)3-1-2-4-13;/h1-4,13H2;1H. The van der Waals surface area contributed by atoms with Gasteiger partial charge in [-0.05, 0) is 19.4 Å². The van der Waals surface area contributed by atoms with E-state index in [1.807, 2.05) is 0 Å². The summed E-state index contributed by atoms with van der Waals surface area (Å²) in [6.07, 6.45) is -6.41. The van der Waals surface area contributed by atoms with Crippen LogP contribution in [0.3, 0.4) is 0 Å². The Labute approximate surface area is 89.4 Å². The van der Waals surface area contributed by atoms with Crippen molar-refractivity contribution in [3.05, 3.63) is 0 Å². The quantitative estimate of drug-likeness (QED) is 0.605. The van der Waals surface area contributed by atoms with E-state index < -0.39 is 24.3 Å². The van der Waals surface area contributed by atoms with E-state index in [1.54, 1.807) is 0 Å². The van der Waals surface area contributed by atoms with Crippen molar-refractivity contribution in [1.29, 1.82) is 0 Å². The van der Waals surface area contributed by atoms with E-state index >= 15 is 0 Å². The number of halogens is 6. The molecule has 2 nitrogen and oxygen atoms in total. The molecule has 2 N–H and O–H groups in total. The Kier molecular flexibility index (Phi) is 7.04. The van der Waals surface area contributed by atoms with E-state index in [2.05, 4.69) is 0 Å². The fraction of sp³-hybridized carbons (Fsp3) is 0.857. The lowest BCUT2D eigenvalue weighted by atomic mass is 10.1. The van der Waals surface area contributed by atoms with Crippen molar-refractivity contribution in [3.63, 3.8) is 0 Å². The number of hydrogen-bond acceptors (Lipinski definition) is 2. The van der Waals surface area contributed by atoms with Gasteiger partial charge in [-0.3, -0.25) is 4.79 Å². The van der Waals surface area contributed by atoms with Crippen molar-refractivity contribution < 1.29 is 26.7 Å². The van der Waals surface area contributed by atoms with Crippen LogP contribution in [0.4, 0.5) is 22.0 Å². The fourth-order valence-electron chi connectivity index (χ4n) is 0.745. The van der Waals surface area contributed by atoms with Crippen molar-refractivity contribution in [2.24, 2.45) is 5.73 Å². The Hall–Kier alpha value is -0.430. The topological polar surface area (TPSA) is 43.1 Å².